The largest absolute Gasteiger partial charge is 0.393 e. The maximum atomic E-state index is 9.87. The Morgan fingerprint density at radius 2 is 1.55 bits per heavy atom. The van der Waals surface area contributed by atoms with Crippen LogP contribution in [-0.2, 0) is 0 Å². The molecule has 1 atom stereocenters. The third-order valence-corrected chi connectivity index (χ3v) is 3.71. The zero-order chi connectivity index (χ0) is 15.3. The highest BCUT2D eigenvalue weighted by atomic mass is 16.3. The van der Waals surface area contributed by atoms with E-state index in [0.717, 1.165) is 19.3 Å². The van der Waals surface area contributed by atoms with Crippen molar-refractivity contribution in [3.63, 3.8) is 0 Å². The maximum absolute atomic E-state index is 9.87. The number of aliphatic hydroxyl groups excluding tert-OH is 1. The molecule has 3 heteroatoms. The van der Waals surface area contributed by atoms with E-state index in [4.69, 9.17) is 5.26 Å². The second-order valence-electron chi connectivity index (χ2n) is 6.37. The van der Waals surface area contributed by atoms with E-state index in [0.29, 0.717) is 6.54 Å². The van der Waals surface area contributed by atoms with Gasteiger partial charge in [-0.25, -0.2) is 0 Å². The molecule has 0 bridgehead atoms. The zero-order valence-electron chi connectivity index (χ0n) is 13.7. The Morgan fingerprint density at radius 3 is 2.10 bits per heavy atom. The van der Waals surface area contributed by atoms with Crippen LogP contribution >= 0.6 is 0 Å². The van der Waals surface area contributed by atoms with Gasteiger partial charge in [0.15, 0.2) is 0 Å². The van der Waals surface area contributed by atoms with Gasteiger partial charge in [-0.3, -0.25) is 5.32 Å². The molecule has 20 heavy (non-hydrogen) atoms. The molecule has 0 aliphatic carbocycles. The number of aliphatic hydroxyl groups is 1. The fraction of sp³-hybridized carbons (Fsp3) is 0.941. The van der Waals surface area contributed by atoms with Crippen LogP contribution < -0.4 is 5.32 Å². The number of hydrogen-bond donors (Lipinski definition) is 2. The standard InChI is InChI=1S/C17H34N2O/c1-4-5-6-7-8-9-10-11-12-16(20)13-14-19-17(2,3)15-18/h16,19-20H,4-14H2,1-3H3. The van der Waals surface area contributed by atoms with Gasteiger partial charge in [-0.2, -0.15) is 5.26 Å². The monoisotopic (exact) mass is 282 g/mol. The molecule has 0 spiro atoms. The predicted molar refractivity (Wildman–Crippen MR) is 85.5 cm³/mol. The van der Waals surface area contributed by atoms with Crippen LogP contribution in [0.25, 0.3) is 0 Å². The molecule has 0 amide bonds. The first-order valence-corrected chi connectivity index (χ1v) is 8.36. The van der Waals surface area contributed by atoms with Gasteiger partial charge in [-0.1, -0.05) is 58.3 Å². The van der Waals surface area contributed by atoms with Crippen LogP contribution in [-0.4, -0.2) is 23.3 Å². The van der Waals surface area contributed by atoms with E-state index in [9.17, 15) is 5.11 Å². The topological polar surface area (TPSA) is 56.0 Å². The van der Waals surface area contributed by atoms with Crippen molar-refractivity contribution >= 4 is 0 Å². The molecule has 1 unspecified atom stereocenters. The molecule has 2 N–H and O–H groups in total. The van der Waals surface area contributed by atoms with Crippen LogP contribution in [0.4, 0.5) is 0 Å². The lowest BCUT2D eigenvalue weighted by Gasteiger charge is -2.18. The van der Waals surface area contributed by atoms with Crippen molar-refractivity contribution < 1.29 is 5.11 Å². The van der Waals surface area contributed by atoms with E-state index in [-0.39, 0.29) is 6.10 Å². The summed E-state index contributed by atoms with van der Waals surface area (Å²) in [6.45, 7) is 6.67. The molecular weight excluding hydrogens is 248 g/mol. The summed E-state index contributed by atoms with van der Waals surface area (Å²) in [5.74, 6) is 0. The molecule has 0 aromatic carbocycles. The fourth-order valence-corrected chi connectivity index (χ4v) is 2.25. The minimum Gasteiger partial charge on any atom is -0.393 e. The second kappa shape index (κ2) is 12.2. The lowest BCUT2D eigenvalue weighted by Crippen LogP contribution is -2.39. The highest BCUT2D eigenvalue weighted by Crippen LogP contribution is 2.11. The molecule has 0 aromatic heterocycles. The molecule has 0 aliphatic rings. The van der Waals surface area contributed by atoms with Crippen molar-refractivity contribution in [2.24, 2.45) is 0 Å². The molecule has 0 fully saturated rings. The average molecular weight is 282 g/mol. The van der Waals surface area contributed by atoms with E-state index in [1.807, 2.05) is 13.8 Å². The first-order valence-electron chi connectivity index (χ1n) is 8.36. The quantitative estimate of drug-likeness (QED) is 0.499. The van der Waals surface area contributed by atoms with Crippen LogP contribution in [0.1, 0.15) is 85.0 Å². The highest BCUT2D eigenvalue weighted by Gasteiger charge is 2.15. The average Bonchev–Trinajstić information content (AvgIpc) is 2.41. The molecule has 0 aliphatic heterocycles. The van der Waals surface area contributed by atoms with Crippen LogP contribution in [0.5, 0.6) is 0 Å². The summed E-state index contributed by atoms with van der Waals surface area (Å²) in [7, 11) is 0. The van der Waals surface area contributed by atoms with E-state index in [1.54, 1.807) is 0 Å². The number of hydrogen-bond acceptors (Lipinski definition) is 3. The van der Waals surface area contributed by atoms with Gasteiger partial charge < -0.3 is 5.11 Å². The summed E-state index contributed by atoms with van der Waals surface area (Å²) in [5, 5.41) is 21.9. The van der Waals surface area contributed by atoms with E-state index in [1.165, 1.54) is 44.9 Å². The van der Waals surface area contributed by atoms with Crippen molar-refractivity contribution in [3.05, 3.63) is 0 Å². The zero-order valence-corrected chi connectivity index (χ0v) is 13.7. The Labute approximate surface area is 125 Å². The summed E-state index contributed by atoms with van der Waals surface area (Å²) in [4.78, 5) is 0. The number of rotatable bonds is 13. The summed E-state index contributed by atoms with van der Waals surface area (Å²) in [6.07, 6.45) is 11.8. The van der Waals surface area contributed by atoms with Gasteiger partial charge >= 0.3 is 0 Å². The SMILES string of the molecule is CCCCCCCCCCC(O)CCNC(C)(C)C#N. The lowest BCUT2D eigenvalue weighted by atomic mass is 10.0. The summed E-state index contributed by atoms with van der Waals surface area (Å²) in [6, 6.07) is 2.20. The third kappa shape index (κ3) is 12.4. The van der Waals surface area contributed by atoms with Crippen LogP contribution in [0.15, 0.2) is 0 Å². The Bertz CT molecular complexity index is 258. The van der Waals surface area contributed by atoms with Gasteiger partial charge in [-0.15, -0.1) is 0 Å². The Kier molecular flexibility index (Phi) is 11.8. The number of nitriles is 1. The van der Waals surface area contributed by atoms with Gasteiger partial charge in [0.2, 0.25) is 0 Å². The number of nitrogens with one attached hydrogen (secondary N) is 1. The van der Waals surface area contributed by atoms with Gasteiger partial charge in [0.1, 0.15) is 5.54 Å². The lowest BCUT2D eigenvalue weighted by molar-refractivity contribution is 0.148. The van der Waals surface area contributed by atoms with Crippen LogP contribution in [0.2, 0.25) is 0 Å². The van der Waals surface area contributed by atoms with E-state index in [2.05, 4.69) is 18.3 Å². The molecule has 0 saturated heterocycles. The number of nitrogens with zero attached hydrogens (tertiary/aromatic N) is 1. The van der Waals surface area contributed by atoms with Gasteiger partial charge in [0.25, 0.3) is 0 Å². The van der Waals surface area contributed by atoms with Crippen molar-refractivity contribution in [1.29, 1.82) is 5.26 Å². The Balaban J connectivity index is 3.33. The van der Waals surface area contributed by atoms with Crippen molar-refractivity contribution in [1.82, 2.24) is 5.32 Å². The molecule has 118 valence electrons. The van der Waals surface area contributed by atoms with Gasteiger partial charge in [0, 0.05) is 0 Å². The van der Waals surface area contributed by atoms with Crippen molar-refractivity contribution in [2.45, 2.75) is 96.6 Å². The molecule has 0 rings (SSSR count). The molecular formula is C17H34N2O. The molecule has 0 radical (unpaired) electrons. The minimum atomic E-state index is -0.488. The molecule has 3 nitrogen and oxygen atoms in total. The number of unbranched alkanes of at least 4 members (excludes halogenated alkanes) is 7. The fourth-order valence-electron chi connectivity index (χ4n) is 2.25. The highest BCUT2D eigenvalue weighted by molar-refractivity contribution is 4.99. The summed E-state index contributed by atoms with van der Waals surface area (Å²) in [5.41, 5.74) is -0.488. The van der Waals surface area contributed by atoms with Crippen molar-refractivity contribution in [3.8, 4) is 6.07 Å². The summed E-state index contributed by atoms with van der Waals surface area (Å²) >= 11 is 0. The molecule has 0 heterocycles. The maximum Gasteiger partial charge on any atom is 0.101 e. The molecule has 0 saturated carbocycles. The summed E-state index contributed by atoms with van der Waals surface area (Å²) < 4.78 is 0. The normalized spacial score (nSPS) is 13.2. The smallest absolute Gasteiger partial charge is 0.101 e. The minimum absolute atomic E-state index is 0.225. The van der Waals surface area contributed by atoms with Crippen LogP contribution in [0.3, 0.4) is 0 Å². The Hall–Kier alpha value is -0.590. The van der Waals surface area contributed by atoms with Gasteiger partial charge in [-0.05, 0) is 33.2 Å². The first kappa shape index (κ1) is 19.4. The van der Waals surface area contributed by atoms with Crippen molar-refractivity contribution in [2.75, 3.05) is 6.54 Å². The third-order valence-electron chi connectivity index (χ3n) is 3.71. The van der Waals surface area contributed by atoms with Gasteiger partial charge in [0.05, 0.1) is 12.2 Å². The predicted octanol–water partition coefficient (Wildman–Crippen LogP) is 4.16. The van der Waals surface area contributed by atoms with E-state index >= 15 is 0 Å². The van der Waals surface area contributed by atoms with E-state index < -0.39 is 5.54 Å². The second-order valence-corrected chi connectivity index (χ2v) is 6.37. The molecule has 0 aromatic rings. The van der Waals surface area contributed by atoms with Crippen LogP contribution in [0, 0.1) is 11.3 Å². The Morgan fingerprint density at radius 1 is 1.00 bits per heavy atom. The first-order chi connectivity index (χ1) is 9.52.